The molecule has 88 valence electrons. The lowest BCUT2D eigenvalue weighted by atomic mass is 10.2. The molecule has 7 nitrogen and oxygen atoms in total. The zero-order valence-corrected chi connectivity index (χ0v) is 9.33. The molecule has 0 aromatic heterocycles. The average Bonchev–Trinajstić information content (AvgIpc) is 2.18. The molecule has 0 bridgehead atoms. The van der Waals surface area contributed by atoms with Crippen molar-refractivity contribution in [3.63, 3.8) is 0 Å². The Morgan fingerprint density at radius 3 is 2.33 bits per heavy atom. The van der Waals surface area contributed by atoms with Crippen LogP contribution in [0.25, 0.3) is 0 Å². The fraction of sp³-hybridized carbons (Fsp3) is 0.750. The van der Waals surface area contributed by atoms with Gasteiger partial charge in [0, 0.05) is 13.6 Å². The van der Waals surface area contributed by atoms with E-state index >= 15 is 0 Å². The fourth-order valence-corrected chi connectivity index (χ4v) is 1.28. The molecule has 0 heterocycles. The third-order valence-electron chi connectivity index (χ3n) is 1.95. The highest BCUT2D eigenvalue weighted by Gasteiger charge is 2.25. The molecule has 0 aliphatic heterocycles. The van der Waals surface area contributed by atoms with Gasteiger partial charge in [0.2, 0.25) is 5.91 Å². The zero-order chi connectivity index (χ0) is 11.8. The largest absolute Gasteiger partial charge is 0.370 e. The number of carbonyl (C=O) groups is 2. The van der Waals surface area contributed by atoms with Crippen molar-refractivity contribution in [2.75, 3.05) is 20.6 Å². The van der Waals surface area contributed by atoms with E-state index in [1.165, 1.54) is 0 Å². The minimum atomic E-state index is -0.607. The molecule has 0 aliphatic carbocycles. The quantitative estimate of drug-likeness (QED) is 0.367. The second-order valence-electron chi connectivity index (χ2n) is 2.94. The van der Waals surface area contributed by atoms with Crippen LogP contribution >= 0.6 is 0 Å². The maximum absolute atomic E-state index is 11.6. The first-order chi connectivity index (χ1) is 7.06. The van der Waals surface area contributed by atoms with Gasteiger partial charge in [0.1, 0.15) is 6.04 Å². The molecule has 0 spiro atoms. The second-order valence-corrected chi connectivity index (χ2v) is 2.94. The molecule has 0 radical (unpaired) electrons. The summed E-state index contributed by atoms with van der Waals surface area (Å²) in [4.78, 5) is 22.4. The number of likely N-dealkylation sites (N-methyl/N-ethyl adjacent to an activating group) is 1. The molecule has 0 saturated heterocycles. The van der Waals surface area contributed by atoms with Crippen molar-refractivity contribution < 1.29 is 9.59 Å². The molecule has 1 atom stereocenters. The third kappa shape index (κ3) is 4.73. The summed E-state index contributed by atoms with van der Waals surface area (Å²) in [7, 11) is 3.26. The van der Waals surface area contributed by atoms with Gasteiger partial charge in [-0.2, -0.15) is 0 Å². The molecule has 15 heavy (non-hydrogen) atoms. The van der Waals surface area contributed by atoms with Crippen LogP contribution in [0.4, 0.5) is 0 Å². The van der Waals surface area contributed by atoms with E-state index in [-0.39, 0.29) is 12.3 Å². The van der Waals surface area contributed by atoms with Crippen LogP contribution in [-0.4, -0.2) is 43.5 Å². The van der Waals surface area contributed by atoms with Crippen molar-refractivity contribution in [1.29, 1.82) is 0 Å². The Morgan fingerprint density at radius 2 is 2.00 bits per heavy atom. The summed E-state index contributed by atoms with van der Waals surface area (Å²) in [6.07, 6.45) is -0.0256. The van der Waals surface area contributed by atoms with Crippen molar-refractivity contribution in [3.05, 3.63) is 0 Å². The predicted octanol–water partition coefficient (Wildman–Crippen LogP) is -2.06. The summed E-state index contributed by atoms with van der Waals surface area (Å²) in [5.41, 5.74) is 12.9. The number of primary amides is 1. The van der Waals surface area contributed by atoms with E-state index in [2.05, 4.69) is 16.3 Å². The third-order valence-corrected chi connectivity index (χ3v) is 1.95. The number of rotatable bonds is 7. The van der Waals surface area contributed by atoms with Gasteiger partial charge in [0.15, 0.2) is 0 Å². The normalized spacial score (nSPS) is 12.5. The summed E-state index contributed by atoms with van der Waals surface area (Å²) in [5.74, 6) is -0.813. The van der Waals surface area contributed by atoms with E-state index in [1.807, 2.05) is 6.92 Å². The molecule has 0 rings (SSSR count). The molecule has 7 heteroatoms. The van der Waals surface area contributed by atoms with Crippen LogP contribution in [0.1, 0.15) is 13.3 Å². The van der Waals surface area contributed by atoms with E-state index in [9.17, 15) is 9.59 Å². The van der Waals surface area contributed by atoms with Crippen LogP contribution in [-0.2, 0) is 9.59 Å². The van der Waals surface area contributed by atoms with E-state index in [0.29, 0.717) is 6.54 Å². The van der Waals surface area contributed by atoms with E-state index in [1.54, 1.807) is 19.1 Å². The molecular weight excluding hydrogens is 198 g/mol. The van der Waals surface area contributed by atoms with Crippen LogP contribution in [0.2, 0.25) is 0 Å². The number of carbonyl (C=O) groups excluding carboxylic acids is 2. The van der Waals surface area contributed by atoms with E-state index in [4.69, 9.17) is 5.73 Å². The maximum Gasteiger partial charge on any atom is 0.253 e. The van der Waals surface area contributed by atoms with Gasteiger partial charge in [-0.15, -0.1) is 0 Å². The van der Waals surface area contributed by atoms with Crippen molar-refractivity contribution in [3.8, 4) is 0 Å². The van der Waals surface area contributed by atoms with Gasteiger partial charge in [-0.25, -0.2) is 10.4 Å². The minimum Gasteiger partial charge on any atom is -0.370 e. The fourth-order valence-electron chi connectivity index (χ4n) is 1.28. The van der Waals surface area contributed by atoms with Gasteiger partial charge in [-0.1, -0.05) is 6.92 Å². The van der Waals surface area contributed by atoms with Crippen LogP contribution in [0, 0.1) is 0 Å². The molecule has 0 saturated carbocycles. The van der Waals surface area contributed by atoms with Gasteiger partial charge in [-0.05, 0) is 7.05 Å². The summed E-state index contributed by atoms with van der Waals surface area (Å²) in [5, 5.41) is 1.64. The Labute approximate surface area is 89.3 Å². The molecule has 2 amide bonds. The van der Waals surface area contributed by atoms with Crippen molar-refractivity contribution in [2.45, 2.75) is 19.4 Å². The number of hydrogen-bond donors (Lipinski definition) is 4. The molecule has 5 N–H and O–H groups in total. The molecule has 0 aromatic carbocycles. The monoisotopic (exact) mass is 217 g/mol. The number of amides is 2. The lowest BCUT2D eigenvalue weighted by molar-refractivity contribution is -0.132. The highest BCUT2D eigenvalue weighted by Crippen LogP contribution is 2.00. The van der Waals surface area contributed by atoms with Crippen molar-refractivity contribution >= 4 is 11.8 Å². The first kappa shape index (κ1) is 13.8. The Morgan fingerprint density at radius 1 is 1.40 bits per heavy atom. The van der Waals surface area contributed by atoms with Crippen LogP contribution in [0.15, 0.2) is 0 Å². The summed E-state index contributed by atoms with van der Waals surface area (Å²) < 4.78 is 0. The van der Waals surface area contributed by atoms with Gasteiger partial charge in [-0.3, -0.25) is 20.4 Å². The topological polar surface area (TPSA) is 99.5 Å². The van der Waals surface area contributed by atoms with Gasteiger partial charge < -0.3 is 5.73 Å². The molecular formula is C8H19N5O2. The smallest absolute Gasteiger partial charge is 0.253 e. The van der Waals surface area contributed by atoms with Crippen molar-refractivity contribution in [2.24, 2.45) is 5.73 Å². The Hall–Kier alpha value is -1.18. The van der Waals surface area contributed by atoms with Crippen LogP contribution in [0.5, 0.6) is 0 Å². The predicted molar refractivity (Wildman–Crippen MR) is 56.2 cm³/mol. The molecule has 0 fully saturated rings. The average molecular weight is 217 g/mol. The van der Waals surface area contributed by atoms with Gasteiger partial charge >= 0.3 is 0 Å². The standard InChI is InChI=1S/C8H19N5O2/c1-4-13(11-3)6(5-7(9)14)8(15)12-10-2/h6,10-11H,4-5H2,1-3H3,(H2,9,14)(H,12,15). The van der Waals surface area contributed by atoms with Crippen molar-refractivity contribution in [1.82, 2.24) is 21.3 Å². The molecule has 0 aromatic rings. The minimum absolute atomic E-state index is 0.0256. The first-order valence-electron chi connectivity index (χ1n) is 4.75. The van der Waals surface area contributed by atoms with Crippen LogP contribution in [0.3, 0.4) is 0 Å². The number of hydrazine groups is 2. The Kier molecular flexibility index (Phi) is 6.59. The summed E-state index contributed by atoms with van der Waals surface area (Å²) in [6, 6.07) is -0.607. The SMILES string of the molecule is CCN(NC)C(CC(N)=O)C(=O)NNC. The van der Waals surface area contributed by atoms with Gasteiger partial charge in [0.25, 0.3) is 5.91 Å². The highest BCUT2D eigenvalue weighted by atomic mass is 16.2. The zero-order valence-electron chi connectivity index (χ0n) is 9.33. The lowest BCUT2D eigenvalue weighted by Gasteiger charge is -2.27. The molecule has 1 unspecified atom stereocenters. The number of nitrogens with two attached hydrogens (primary N) is 1. The number of nitrogens with one attached hydrogen (secondary N) is 3. The Balaban J connectivity index is 4.54. The maximum atomic E-state index is 11.6. The second kappa shape index (κ2) is 7.16. The first-order valence-corrected chi connectivity index (χ1v) is 4.75. The van der Waals surface area contributed by atoms with E-state index in [0.717, 1.165) is 0 Å². The molecule has 0 aliphatic rings. The van der Waals surface area contributed by atoms with Gasteiger partial charge in [0.05, 0.1) is 6.42 Å². The number of hydrogen-bond acceptors (Lipinski definition) is 5. The van der Waals surface area contributed by atoms with Crippen LogP contribution < -0.4 is 22.0 Å². The summed E-state index contributed by atoms with van der Waals surface area (Å²) >= 11 is 0. The van der Waals surface area contributed by atoms with E-state index < -0.39 is 11.9 Å². The highest BCUT2D eigenvalue weighted by molar-refractivity contribution is 5.87. The lowest BCUT2D eigenvalue weighted by Crippen LogP contribution is -2.55. The summed E-state index contributed by atoms with van der Waals surface area (Å²) in [6.45, 7) is 2.46. The Bertz CT molecular complexity index is 217. The number of nitrogens with zero attached hydrogens (tertiary/aromatic N) is 1.